The van der Waals surface area contributed by atoms with Gasteiger partial charge < -0.3 is 14.5 Å². The molecule has 2 aliphatic rings. The second-order valence-corrected chi connectivity index (χ2v) is 12.6. The van der Waals surface area contributed by atoms with Gasteiger partial charge in [-0.1, -0.05) is 24.3 Å². The molecule has 2 aliphatic heterocycles. The number of aryl methyl sites for hydroxylation is 2. The quantitative estimate of drug-likeness (QED) is 0.212. The van der Waals surface area contributed by atoms with Crippen molar-refractivity contribution >= 4 is 11.8 Å². The van der Waals surface area contributed by atoms with Crippen molar-refractivity contribution in [1.29, 1.82) is 0 Å². The molecular formula is C34H40N8O4. The van der Waals surface area contributed by atoms with Crippen LogP contribution in [-0.4, -0.2) is 91.8 Å². The SMILES string of the molecule is COc1ccc(-n2cnnn2)cc1C(=O)N1CCC(CCN2CCC(C(=O)NO)(c3cccnc3)CC2)(c2ccc(C)c(C)c2)C1. The number of hydrogen-bond donors (Lipinski definition) is 2. The number of nitrogens with zero attached hydrogens (tertiary/aromatic N) is 7. The van der Waals surface area contributed by atoms with Crippen LogP contribution in [0.3, 0.4) is 0 Å². The third-order valence-electron chi connectivity index (χ3n) is 10.2. The first-order valence-corrected chi connectivity index (χ1v) is 15.6. The Morgan fingerprint density at radius 3 is 2.50 bits per heavy atom. The van der Waals surface area contributed by atoms with E-state index in [-0.39, 0.29) is 11.3 Å². The lowest BCUT2D eigenvalue weighted by Crippen LogP contribution is -2.51. The maximum atomic E-state index is 14.1. The number of hydroxylamine groups is 1. The first kappa shape index (κ1) is 31.3. The number of benzene rings is 2. The van der Waals surface area contributed by atoms with Crippen LogP contribution in [-0.2, 0) is 15.6 Å². The van der Waals surface area contributed by atoms with Crippen molar-refractivity contribution in [3.63, 3.8) is 0 Å². The molecule has 12 heteroatoms. The monoisotopic (exact) mass is 624 g/mol. The number of amides is 2. The molecule has 46 heavy (non-hydrogen) atoms. The lowest BCUT2D eigenvalue weighted by Gasteiger charge is -2.41. The van der Waals surface area contributed by atoms with Gasteiger partial charge in [0.1, 0.15) is 12.1 Å². The summed E-state index contributed by atoms with van der Waals surface area (Å²) in [4.78, 5) is 35.6. The molecule has 0 radical (unpaired) electrons. The first-order valence-electron chi connectivity index (χ1n) is 15.6. The highest BCUT2D eigenvalue weighted by molar-refractivity contribution is 5.98. The van der Waals surface area contributed by atoms with E-state index in [9.17, 15) is 14.8 Å². The Morgan fingerprint density at radius 1 is 1.00 bits per heavy atom. The van der Waals surface area contributed by atoms with E-state index in [2.05, 4.69) is 57.5 Å². The summed E-state index contributed by atoms with van der Waals surface area (Å²) in [7, 11) is 1.57. The Bertz CT molecular complexity index is 1690. The van der Waals surface area contributed by atoms with Gasteiger partial charge in [-0.2, -0.15) is 0 Å². The van der Waals surface area contributed by atoms with Gasteiger partial charge in [0.15, 0.2) is 0 Å². The molecule has 12 nitrogen and oxygen atoms in total. The van der Waals surface area contributed by atoms with Gasteiger partial charge >= 0.3 is 0 Å². The largest absolute Gasteiger partial charge is 0.496 e. The van der Waals surface area contributed by atoms with Gasteiger partial charge in [0, 0.05) is 30.9 Å². The fraction of sp³-hybridized carbons (Fsp3) is 0.412. The predicted octanol–water partition coefficient (Wildman–Crippen LogP) is 3.40. The molecule has 1 atom stereocenters. The van der Waals surface area contributed by atoms with E-state index in [1.807, 2.05) is 28.6 Å². The molecule has 0 aliphatic carbocycles. The van der Waals surface area contributed by atoms with Gasteiger partial charge in [0.2, 0.25) is 0 Å². The summed E-state index contributed by atoms with van der Waals surface area (Å²) < 4.78 is 7.12. The maximum Gasteiger partial charge on any atom is 0.257 e. The smallest absolute Gasteiger partial charge is 0.257 e. The van der Waals surface area contributed by atoms with Gasteiger partial charge in [-0.25, -0.2) is 10.2 Å². The minimum atomic E-state index is -0.822. The molecule has 2 aromatic heterocycles. The van der Waals surface area contributed by atoms with E-state index in [1.165, 1.54) is 27.7 Å². The van der Waals surface area contributed by atoms with Crippen LogP contribution < -0.4 is 10.2 Å². The number of pyridine rings is 1. The summed E-state index contributed by atoms with van der Waals surface area (Å²) >= 11 is 0. The highest BCUT2D eigenvalue weighted by Crippen LogP contribution is 2.41. The number of nitrogens with one attached hydrogen (secondary N) is 1. The van der Waals surface area contributed by atoms with Gasteiger partial charge in [0.05, 0.1) is 23.8 Å². The van der Waals surface area contributed by atoms with Crippen molar-refractivity contribution in [1.82, 2.24) is 40.5 Å². The molecule has 240 valence electrons. The number of piperidine rings is 1. The third-order valence-corrected chi connectivity index (χ3v) is 10.2. The average Bonchev–Trinajstić information content (AvgIpc) is 3.80. The molecule has 1 unspecified atom stereocenters. The second kappa shape index (κ2) is 13.0. The molecule has 0 saturated carbocycles. The van der Waals surface area contributed by atoms with Crippen LogP contribution in [0.1, 0.15) is 58.3 Å². The van der Waals surface area contributed by atoms with Crippen molar-refractivity contribution in [2.45, 2.75) is 50.4 Å². The molecular weight excluding hydrogens is 584 g/mol. The van der Waals surface area contributed by atoms with E-state index in [1.54, 1.807) is 31.6 Å². The van der Waals surface area contributed by atoms with Crippen molar-refractivity contribution < 1.29 is 19.5 Å². The van der Waals surface area contributed by atoms with Crippen LogP contribution in [0.5, 0.6) is 5.75 Å². The average molecular weight is 625 g/mol. The fourth-order valence-electron chi connectivity index (χ4n) is 7.09. The number of tetrazole rings is 1. The molecule has 2 amide bonds. The van der Waals surface area contributed by atoms with Crippen LogP contribution in [0.15, 0.2) is 67.3 Å². The Kier molecular flexibility index (Phi) is 8.83. The topological polar surface area (TPSA) is 139 Å². The van der Waals surface area contributed by atoms with Crippen molar-refractivity contribution in [2.24, 2.45) is 0 Å². The number of carbonyl (C=O) groups is 2. The first-order chi connectivity index (χ1) is 22.3. The second-order valence-electron chi connectivity index (χ2n) is 12.6. The van der Waals surface area contributed by atoms with Crippen molar-refractivity contribution in [2.75, 3.05) is 39.8 Å². The summed E-state index contributed by atoms with van der Waals surface area (Å²) in [5, 5.41) is 21.0. The molecule has 2 saturated heterocycles. The number of methoxy groups -OCH3 is 1. The predicted molar refractivity (Wildman–Crippen MR) is 170 cm³/mol. The lowest BCUT2D eigenvalue weighted by atomic mass is 9.72. The summed E-state index contributed by atoms with van der Waals surface area (Å²) in [5.41, 5.74) is 6.51. The van der Waals surface area contributed by atoms with Crippen molar-refractivity contribution in [3.05, 3.63) is 95.1 Å². The molecule has 4 heterocycles. The lowest BCUT2D eigenvalue weighted by molar-refractivity contribution is -0.137. The molecule has 2 aromatic carbocycles. The molecule has 0 spiro atoms. The molecule has 2 fully saturated rings. The van der Waals surface area contributed by atoms with Crippen LogP contribution in [0.2, 0.25) is 0 Å². The number of ether oxygens (including phenoxy) is 1. The minimum absolute atomic E-state index is 0.0910. The summed E-state index contributed by atoms with van der Waals surface area (Å²) in [5.74, 6) is 0.0193. The van der Waals surface area contributed by atoms with Gasteiger partial charge in [-0.15, -0.1) is 5.10 Å². The van der Waals surface area contributed by atoms with E-state index < -0.39 is 11.3 Å². The number of aromatic nitrogens is 5. The maximum absolute atomic E-state index is 14.1. The summed E-state index contributed by atoms with van der Waals surface area (Å²) in [6, 6.07) is 15.8. The molecule has 2 N–H and O–H groups in total. The molecule has 6 rings (SSSR count). The molecule has 0 bridgehead atoms. The van der Waals surface area contributed by atoms with E-state index >= 15 is 0 Å². The number of likely N-dealkylation sites (tertiary alicyclic amines) is 2. The van der Waals surface area contributed by atoms with Crippen LogP contribution in [0, 0.1) is 13.8 Å². The van der Waals surface area contributed by atoms with Crippen LogP contribution >= 0.6 is 0 Å². The number of carbonyl (C=O) groups excluding carboxylic acids is 2. The van der Waals surface area contributed by atoms with Gasteiger partial charge in [0.25, 0.3) is 11.8 Å². The highest BCUT2D eigenvalue weighted by atomic mass is 16.5. The zero-order chi connectivity index (χ0) is 32.3. The van der Waals surface area contributed by atoms with Crippen LogP contribution in [0.25, 0.3) is 5.69 Å². The Balaban J connectivity index is 1.23. The summed E-state index contributed by atoms with van der Waals surface area (Å²) in [6.07, 6.45) is 7.73. The number of rotatable bonds is 9. The summed E-state index contributed by atoms with van der Waals surface area (Å²) in [6.45, 7) is 7.67. The van der Waals surface area contributed by atoms with Crippen LogP contribution in [0.4, 0.5) is 0 Å². The standard InChI is InChI=1S/C34H40N8O4/c1-24-6-7-26(19-25(24)2)33(10-15-40-16-12-34(13-17-40,32(44)37-45)27-5-4-14-35-21-27)11-18-41(22-33)31(43)29-20-28(8-9-30(29)46-3)42-23-36-38-39-42/h4-9,14,19-21,23,45H,10-13,15-18,22H2,1-3H3,(H,37,44). The Morgan fingerprint density at radius 2 is 1.83 bits per heavy atom. The van der Waals surface area contributed by atoms with E-state index in [4.69, 9.17) is 4.74 Å². The Labute approximate surface area is 268 Å². The zero-order valence-electron chi connectivity index (χ0n) is 26.5. The zero-order valence-corrected chi connectivity index (χ0v) is 26.5. The molecule has 4 aromatic rings. The fourth-order valence-corrected chi connectivity index (χ4v) is 7.09. The van der Waals surface area contributed by atoms with E-state index in [0.29, 0.717) is 56.0 Å². The third kappa shape index (κ3) is 5.85. The number of hydrogen-bond acceptors (Lipinski definition) is 9. The van der Waals surface area contributed by atoms with Gasteiger partial charge in [-0.3, -0.25) is 19.8 Å². The van der Waals surface area contributed by atoms with Gasteiger partial charge in [-0.05, 0) is 116 Å². The minimum Gasteiger partial charge on any atom is -0.496 e. The highest BCUT2D eigenvalue weighted by Gasteiger charge is 2.45. The normalized spacial score (nSPS) is 19.6. The van der Waals surface area contributed by atoms with E-state index in [0.717, 1.165) is 24.9 Å². The Hall–Kier alpha value is -4.68. The van der Waals surface area contributed by atoms with Crippen molar-refractivity contribution in [3.8, 4) is 11.4 Å².